The number of imide groups is 2. The third-order valence-electron chi connectivity index (χ3n) is 4.84. The van der Waals surface area contributed by atoms with E-state index in [2.05, 4.69) is 21.2 Å². The molecule has 4 rings (SSSR count). The monoisotopic (exact) mass is 473 g/mol. The molecule has 0 bridgehead atoms. The third-order valence-corrected chi connectivity index (χ3v) is 5.41. The van der Waals surface area contributed by atoms with Crippen molar-refractivity contribution >= 4 is 51.4 Å². The molecule has 8 nitrogen and oxygen atoms in total. The molecule has 2 saturated heterocycles. The van der Waals surface area contributed by atoms with Crippen LogP contribution in [0.15, 0.2) is 38.7 Å². The molecule has 1 N–H and O–H groups in total. The van der Waals surface area contributed by atoms with E-state index in [4.69, 9.17) is 9.15 Å². The van der Waals surface area contributed by atoms with Crippen LogP contribution in [0, 0.1) is 13.8 Å². The van der Waals surface area contributed by atoms with Crippen LogP contribution in [0.1, 0.15) is 16.9 Å². The van der Waals surface area contributed by atoms with E-state index >= 15 is 0 Å². The molecule has 1 aromatic carbocycles. The van der Waals surface area contributed by atoms with Crippen molar-refractivity contribution in [2.24, 2.45) is 0 Å². The number of rotatable bonds is 3. The number of urea groups is 1. The summed E-state index contributed by atoms with van der Waals surface area (Å²) in [5.74, 6) is -0.520. The third kappa shape index (κ3) is 3.90. The number of ether oxygens (including phenoxy) is 1. The summed E-state index contributed by atoms with van der Waals surface area (Å²) in [6, 6.07) is 6.29. The van der Waals surface area contributed by atoms with Crippen LogP contribution < -0.4 is 15.1 Å². The lowest BCUT2D eigenvalue weighted by atomic mass is 10.1. The van der Waals surface area contributed by atoms with Gasteiger partial charge in [0.2, 0.25) is 5.88 Å². The van der Waals surface area contributed by atoms with Crippen LogP contribution in [-0.2, 0) is 14.3 Å². The Balaban J connectivity index is 1.67. The number of anilines is 2. The number of aryl methyl sites for hydroxylation is 2. The van der Waals surface area contributed by atoms with Crippen LogP contribution in [0.2, 0.25) is 0 Å². The van der Waals surface area contributed by atoms with Gasteiger partial charge in [0.1, 0.15) is 11.3 Å². The predicted octanol–water partition coefficient (Wildman–Crippen LogP) is 3.16. The number of halogens is 1. The van der Waals surface area contributed by atoms with Gasteiger partial charge in [-0.25, -0.2) is 9.69 Å². The van der Waals surface area contributed by atoms with Crippen LogP contribution in [0.5, 0.6) is 0 Å². The van der Waals surface area contributed by atoms with E-state index in [1.54, 1.807) is 18.2 Å². The average molecular weight is 474 g/mol. The van der Waals surface area contributed by atoms with Crippen molar-refractivity contribution in [3.05, 3.63) is 51.2 Å². The van der Waals surface area contributed by atoms with Gasteiger partial charge < -0.3 is 14.1 Å². The number of nitrogens with one attached hydrogen (secondary N) is 1. The zero-order valence-corrected chi connectivity index (χ0v) is 18.1. The highest BCUT2D eigenvalue weighted by molar-refractivity contribution is 9.10. The van der Waals surface area contributed by atoms with Gasteiger partial charge in [0, 0.05) is 19.2 Å². The van der Waals surface area contributed by atoms with E-state index < -0.39 is 17.8 Å². The minimum atomic E-state index is -0.776. The number of furan rings is 1. The zero-order chi connectivity index (χ0) is 21.4. The zero-order valence-electron chi connectivity index (χ0n) is 16.5. The molecule has 30 heavy (non-hydrogen) atoms. The van der Waals surface area contributed by atoms with Gasteiger partial charge in [0.15, 0.2) is 0 Å². The van der Waals surface area contributed by atoms with Crippen molar-refractivity contribution in [3.63, 3.8) is 0 Å². The second-order valence-electron chi connectivity index (χ2n) is 7.21. The topological polar surface area (TPSA) is 92.1 Å². The minimum absolute atomic E-state index is 0.177. The highest BCUT2D eigenvalue weighted by atomic mass is 79.9. The molecule has 0 saturated carbocycles. The first-order valence-electron chi connectivity index (χ1n) is 9.45. The Morgan fingerprint density at radius 1 is 1.03 bits per heavy atom. The number of morpholine rings is 1. The summed E-state index contributed by atoms with van der Waals surface area (Å²) in [4.78, 5) is 40.8. The number of hydrogen-bond donors (Lipinski definition) is 1. The van der Waals surface area contributed by atoms with Crippen LogP contribution in [0.3, 0.4) is 0 Å². The molecule has 0 radical (unpaired) electrons. The fraction of sp³-hybridized carbons (Fsp3) is 0.286. The summed E-state index contributed by atoms with van der Waals surface area (Å²) >= 11 is 3.47. The van der Waals surface area contributed by atoms with E-state index in [1.165, 1.54) is 6.08 Å². The second-order valence-corrected chi connectivity index (χ2v) is 8.06. The second kappa shape index (κ2) is 8.08. The fourth-order valence-corrected chi connectivity index (χ4v) is 4.10. The van der Waals surface area contributed by atoms with Crippen molar-refractivity contribution < 1.29 is 23.5 Å². The molecular formula is C21H20BrN3O5. The molecule has 9 heteroatoms. The van der Waals surface area contributed by atoms with Crippen molar-refractivity contribution in [1.82, 2.24) is 5.32 Å². The maximum absolute atomic E-state index is 13.1. The number of carbonyl (C=O) groups is 3. The highest BCUT2D eigenvalue weighted by Gasteiger charge is 2.37. The molecule has 3 heterocycles. The van der Waals surface area contributed by atoms with Gasteiger partial charge in [0.05, 0.1) is 23.4 Å². The van der Waals surface area contributed by atoms with Crippen LogP contribution in [-0.4, -0.2) is 44.1 Å². The number of carbonyl (C=O) groups excluding carboxylic acids is 3. The number of benzene rings is 1. The Hall–Kier alpha value is -2.91. The summed E-state index contributed by atoms with van der Waals surface area (Å²) in [5, 5.41) is 2.23. The van der Waals surface area contributed by atoms with Gasteiger partial charge in [-0.15, -0.1) is 0 Å². The number of nitrogens with zero attached hydrogens (tertiary/aromatic N) is 2. The molecule has 2 aliphatic rings. The van der Waals surface area contributed by atoms with Crippen LogP contribution >= 0.6 is 15.9 Å². The largest absolute Gasteiger partial charge is 0.440 e. The molecule has 1 aromatic heterocycles. The molecule has 2 aliphatic heterocycles. The van der Waals surface area contributed by atoms with Crippen LogP contribution in [0.25, 0.3) is 6.08 Å². The molecule has 0 aliphatic carbocycles. The molecule has 0 atom stereocenters. The van der Waals surface area contributed by atoms with E-state index in [-0.39, 0.29) is 5.57 Å². The summed E-state index contributed by atoms with van der Waals surface area (Å²) in [6.07, 6.45) is 1.36. The molecule has 2 aromatic rings. The molecule has 2 fully saturated rings. The highest BCUT2D eigenvalue weighted by Crippen LogP contribution is 2.32. The van der Waals surface area contributed by atoms with Crippen LogP contribution in [0.4, 0.5) is 16.4 Å². The summed E-state index contributed by atoms with van der Waals surface area (Å²) < 4.78 is 11.9. The van der Waals surface area contributed by atoms with Crippen molar-refractivity contribution in [2.45, 2.75) is 13.8 Å². The standard InChI is InChI=1S/C21H20BrN3O5/c1-12-7-13(2)9-14(8-12)25-19(27)16(18(26)23-21(25)28)10-15-11-17(22)20(30-15)24-3-5-29-6-4-24/h7-11H,3-6H2,1-2H3,(H,23,26,28)/b16-10-. The van der Waals surface area contributed by atoms with Crippen molar-refractivity contribution in [3.8, 4) is 0 Å². The molecule has 4 amide bonds. The van der Waals surface area contributed by atoms with Gasteiger partial charge >= 0.3 is 6.03 Å². The van der Waals surface area contributed by atoms with E-state index in [9.17, 15) is 14.4 Å². The summed E-state index contributed by atoms with van der Waals surface area (Å²) in [6.45, 7) is 6.29. The Morgan fingerprint density at radius 2 is 1.70 bits per heavy atom. The first-order valence-corrected chi connectivity index (χ1v) is 10.2. The molecule has 0 spiro atoms. The summed E-state index contributed by atoms with van der Waals surface area (Å²) in [5.41, 5.74) is 2.03. The van der Waals surface area contributed by atoms with Crippen molar-refractivity contribution in [2.75, 3.05) is 36.1 Å². The quantitative estimate of drug-likeness (QED) is 0.543. The minimum Gasteiger partial charge on any atom is -0.440 e. The lowest BCUT2D eigenvalue weighted by Crippen LogP contribution is -2.54. The SMILES string of the molecule is Cc1cc(C)cc(N2C(=O)NC(=O)/C(=C/c3cc(Br)c(N4CCOCC4)o3)C2=O)c1. The van der Waals surface area contributed by atoms with Crippen molar-refractivity contribution in [1.29, 1.82) is 0 Å². The maximum Gasteiger partial charge on any atom is 0.335 e. The van der Waals surface area contributed by atoms with E-state index in [1.807, 2.05) is 24.8 Å². The lowest BCUT2D eigenvalue weighted by molar-refractivity contribution is -0.122. The van der Waals surface area contributed by atoms with Gasteiger partial charge in [0.25, 0.3) is 11.8 Å². The Kier molecular flexibility index (Phi) is 5.48. The fourth-order valence-electron chi connectivity index (χ4n) is 3.54. The molecular weight excluding hydrogens is 454 g/mol. The van der Waals surface area contributed by atoms with E-state index in [0.29, 0.717) is 48.1 Å². The smallest absolute Gasteiger partial charge is 0.335 e. The van der Waals surface area contributed by atoms with Gasteiger partial charge in [-0.05, 0) is 59.1 Å². The molecule has 156 valence electrons. The average Bonchev–Trinajstić information content (AvgIpc) is 3.05. The first-order chi connectivity index (χ1) is 14.3. The number of hydrogen-bond acceptors (Lipinski definition) is 6. The maximum atomic E-state index is 13.1. The van der Waals surface area contributed by atoms with Gasteiger partial charge in [-0.3, -0.25) is 14.9 Å². The number of amides is 4. The Labute approximate surface area is 181 Å². The molecule has 0 unspecified atom stereocenters. The lowest BCUT2D eigenvalue weighted by Gasteiger charge is -2.27. The van der Waals surface area contributed by atoms with Gasteiger partial charge in [-0.1, -0.05) is 6.07 Å². The Bertz CT molecular complexity index is 1050. The van der Waals surface area contributed by atoms with E-state index in [0.717, 1.165) is 16.0 Å². The Morgan fingerprint density at radius 3 is 2.37 bits per heavy atom. The normalized spacial score (nSPS) is 18.9. The summed E-state index contributed by atoms with van der Waals surface area (Å²) in [7, 11) is 0. The first kappa shape index (κ1) is 20.4. The number of barbiturate groups is 1. The predicted molar refractivity (Wildman–Crippen MR) is 114 cm³/mol. The van der Waals surface area contributed by atoms with Gasteiger partial charge in [-0.2, -0.15) is 0 Å².